The van der Waals surface area contributed by atoms with E-state index in [1.807, 2.05) is 0 Å². The Morgan fingerprint density at radius 3 is 2.64 bits per heavy atom. The van der Waals surface area contributed by atoms with Crippen LogP contribution in [-0.2, 0) is 4.79 Å². The summed E-state index contributed by atoms with van der Waals surface area (Å²) < 4.78 is 13.0. The molecule has 0 bridgehead atoms. The van der Waals surface area contributed by atoms with E-state index in [4.69, 9.17) is 0 Å². The zero-order chi connectivity index (χ0) is 10.7. The second-order valence-electron chi connectivity index (χ2n) is 2.93. The zero-order valence-corrected chi connectivity index (χ0v) is 7.93. The number of hydrogen-bond donors (Lipinski definition) is 1. The van der Waals surface area contributed by atoms with Crippen LogP contribution in [0, 0.1) is 12.7 Å². The highest BCUT2D eigenvalue weighted by molar-refractivity contribution is 5.91. The monoisotopic (exact) mass is 195 g/mol. The Morgan fingerprint density at radius 2 is 2.14 bits per heavy atom. The van der Waals surface area contributed by atoms with Crippen LogP contribution in [0.5, 0.6) is 0 Å². The van der Waals surface area contributed by atoms with Gasteiger partial charge >= 0.3 is 0 Å². The maximum Gasteiger partial charge on any atom is 0.221 e. The largest absolute Gasteiger partial charge is 0.326 e. The van der Waals surface area contributed by atoms with Crippen LogP contribution < -0.4 is 5.32 Å². The number of anilines is 1. The lowest BCUT2D eigenvalue weighted by molar-refractivity contribution is -0.114. The lowest BCUT2D eigenvalue weighted by Gasteiger charge is -2.08. The van der Waals surface area contributed by atoms with Crippen LogP contribution in [-0.4, -0.2) is 12.2 Å². The number of benzene rings is 1. The number of carbonyl (C=O) groups is 2. The Morgan fingerprint density at radius 1 is 1.50 bits per heavy atom. The predicted molar refractivity (Wildman–Crippen MR) is 50.8 cm³/mol. The van der Waals surface area contributed by atoms with Gasteiger partial charge in [-0.25, -0.2) is 4.39 Å². The molecule has 0 aliphatic carbocycles. The van der Waals surface area contributed by atoms with Gasteiger partial charge in [0.25, 0.3) is 0 Å². The minimum absolute atomic E-state index is 0.0174. The molecule has 0 unspecified atom stereocenters. The molecule has 1 aromatic carbocycles. The lowest BCUT2D eigenvalue weighted by atomic mass is 10.1. The molecule has 0 radical (unpaired) electrons. The van der Waals surface area contributed by atoms with E-state index in [1.165, 1.54) is 13.0 Å². The van der Waals surface area contributed by atoms with E-state index < -0.39 is 5.82 Å². The SMILES string of the molecule is CC(=O)Nc1ccc(F)c(C=O)c1C. The van der Waals surface area contributed by atoms with E-state index in [-0.39, 0.29) is 11.5 Å². The fraction of sp³-hybridized carbons (Fsp3) is 0.200. The number of aldehydes is 1. The van der Waals surface area contributed by atoms with Crippen LogP contribution in [0.1, 0.15) is 22.8 Å². The average molecular weight is 195 g/mol. The van der Waals surface area contributed by atoms with Gasteiger partial charge in [-0.3, -0.25) is 9.59 Å². The Labute approximate surface area is 80.9 Å². The van der Waals surface area contributed by atoms with Crippen LogP contribution >= 0.6 is 0 Å². The molecule has 0 fully saturated rings. The van der Waals surface area contributed by atoms with Gasteiger partial charge in [0.1, 0.15) is 5.82 Å². The number of amides is 1. The van der Waals surface area contributed by atoms with E-state index in [0.29, 0.717) is 17.5 Å². The Bertz CT molecular complexity index is 388. The molecule has 0 saturated carbocycles. The van der Waals surface area contributed by atoms with Gasteiger partial charge < -0.3 is 5.32 Å². The second kappa shape index (κ2) is 4.00. The zero-order valence-electron chi connectivity index (χ0n) is 7.93. The van der Waals surface area contributed by atoms with Crippen molar-refractivity contribution >= 4 is 17.9 Å². The molecule has 0 atom stereocenters. The second-order valence-corrected chi connectivity index (χ2v) is 2.93. The van der Waals surface area contributed by atoms with Gasteiger partial charge in [-0.05, 0) is 24.6 Å². The van der Waals surface area contributed by atoms with Crippen molar-refractivity contribution in [3.05, 3.63) is 29.1 Å². The Balaban J connectivity index is 3.20. The van der Waals surface area contributed by atoms with Crippen molar-refractivity contribution in [1.29, 1.82) is 0 Å². The van der Waals surface area contributed by atoms with Crippen molar-refractivity contribution in [2.24, 2.45) is 0 Å². The van der Waals surface area contributed by atoms with Crippen LogP contribution in [0.4, 0.5) is 10.1 Å². The molecule has 0 aromatic heterocycles. The molecule has 4 heteroatoms. The molecule has 3 nitrogen and oxygen atoms in total. The summed E-state index contributed by atoms with van der Waals surface area (Å²) in [5.74, 6) is -0.830. The standard InChI is InChI=1S/C10H10FNO2/c1-6-8(5-13)9(11)3-4-10(6)12-7(2)14/h3-5H,1-2H3,(H,12,14). The maximum atomic E-state index is 13.0. The van der Waals surface area contributed by atoms with Crippen LogP contribution in [0.2, 0.25) is 0 Å². The predicted octanol–water partition coefficient (Wildman–Crippen LogP) is 1.91. The molecule has 1 amide bonds. The van der Waals surface area contributed by atoms with Crippen LogP contribution in [0.3, 0.4) is 0 Å². The molecular formula is C10H10FNO2. The minimum Gasteiger partial charge on any atom is -0.326 e. The summed E-state index contributed by atoms with van der Waals surface area (Å²) >= 11 is 0. The molecule has 14 heavy (non-hydrogen) atoms. The third-order valence-electron chi connectivity index (χ3n) is 1.89. The summed E-state index contributed by atoms with van der Waals surface area (Å²) in [5, 5.41) is 2.51. The van der Waals surface area contributed by atoms with E-state index in [2.05, 4.69) is 5.32 Å². The first-order valence-electron chi connectivity index (χ1n) is 4.08. The van der Waals surface area contributed by atoms with Crippen LogP contribution in [0.15, 0.2) is 12.1 Å². The molecule has 74 valence electrons. The molecule has 0 heterocycles. The normalized spacial score (nSPS) is 9.64. The highest BCUT2D eigenvalue weighted by Gasteiger charge is 2.09. The van der Waals surface area contributed by atoms with E-state index in [9.17, 15) is 14.0 Å². The van der Waals surface area contributed by atoms with Gasteiger partial charge in [-0.15, -0.1) is 0 Å². The maximum absolute atomic E-state index is 13.0. The van der Waals surface area contributed by atoms with Gasteiger partial charge in [-0.1, -0.05) is 0 Å². The molecular weight excluding hydrogens is 185 g/mol. The van der Waals surface area contributed by atoms with Crippen molar-refractivity contribution in [2.45, 2.75) is 13.8 Å². The minimum atomic E-state index is -0.577. The summed E-state index contributed by atoms with van der Waals surface area (Å²) in [5.41, 5.74) is 0.882. The number of halogens is 1. The summed E-state index contributed by atoms with van der Waals surface area (Å²) in [4.78, 5) is 21.3. The summed E-state index contributed by atoms with van der Waals surface area (Å²) in [7, 11) is 0. The van der Waals surface area contributed by atoms with Gasteiger partial charge in [-0.2, -0.15) is 0 Å². The van der Waals surface area contributed by atoms with Crippen molar-refractivity contribution in [1.82, 2.24) is 0 Å². The quantitative estimate of drug-likeness (QED) is 0.732. The first-order valence-corrected chi connectivity index (χ1v) is 4.08. The summed E-state index contributed by atoms with van der Waals surface area (Å²) in [6, 6.07) is 2.58. The van der Waals surface area contributed by atoms with Gasteiger partial charge in [0, 0.05) is 12.6 Å². The topological polar surface area (TPSA) is 46.2 Å². The van der Waals surface area contributed by atoms with Crippen molar-refractivity contribution < 1.29 is 14.0 Å². The number of rotatable bonds is 2. The van der Waals surface area contributed by atoms with E-state index in [0.717, 1.165) is 6.07 Å². The highest BCUT2D eigenvalue weighted by atomic mass is 19.1. The molecule has 1 rings (SSSR count). The highest BCUT2D eigenvalue weighted by Crippen LogP contribution is 2.20. The molecule has 0 spiro atoms. The average Bonchev–Trinajstić information content (AvgIpc) is 2.10. The molecule has 0 saturated heterocycles. The molecule has 1 N–H and O–H groups in total. The van der Waals surface area contributed by atoms with Crippen molar-refractivity contribution in [3.63, 3.8) is 0 Å². The number of nitrogens with one attached hydrogen (secondary N) is 1. The third-order valence-corrected chi connectivity index (χ3v) is 1.89. The number of carbonyl (C=O) groups excluding carboxylic acids is 2. The Hall–Kier alpha value is -1.71. The van der Waals surface area contributed by atoms with Gasteiger partial charge in [0.15, 0.2) is 6.29 Å². The fourth-order valence-electron chi connectivity index (χ4n) is 1.17. The summed E-state index contributed by atoms with van der Waals surface area (Å²) in [6.07, 6.45) is 0.440. The summed E-state index contributed by atoms with van der Waals surface area (Å²) in [6.45, 7) is 2.93. The van der Waals surface area contributed by atoms with E-state index in [1.54, 1.807) is 6.92 Å². The number of hydrogen-bond acceptors (Lipinski definition) is 2. The van der Waals surface area contributed by atoms with Gasteiger partial charge in [0.05, 0.1) is 5.56 Å². The lowest BCUT2D eigenvalue weighted by Crippen LogP contribution is -2.08. The van der Waals surface area contributed by atoms with Gasteiger partial charge in [0.2, 0.25) is 5.91 Å². The van der Waals surface area contributed by atoms with Crippen molar-refractivity contribution in [3.8, 4) is 0 Å². The first-order chi connectivity index (χ1) is 6.56. The van der Waals surface area contributed by atoms with E-state index >= 15 is 0 Å². The third kappa shape index (κ3) is 1.96. The van der Waals surface area contributed by atoms with Crippen molar-refractivity contribution in [2.75, 3.05) is 5.32 Å². The molecule has 0 aliphatic rings. The Kier molecular flexibility index (Phi) is 2.96. The van der Waals surface area contributed by atoms with Crippen LogP contribution in [0.25, 0.3) is 0 Å². The smallest absolute Gasteiger partial charge is 0.221 e. The molecule has 1 aromatic rings. The fourth-order valence-corrected chi connectivity index (χ4v) is 1.17. The molecule has 0 aliphatic heterocycles. The first kappa shape index (κ1) is 10.4.